The Hall–Kier alpha value is -3.29. The largest absolute Gasteiger partial charge is 0.459 e. The molecule has 0 aliphatic carbocycles. The van der Waals surface area contributed by atoms with Gasteiger partial charge in [-0.15, -0.1) is 0 Å². The summed E-state index contributed by atoms with van der Waals surface area (Å²) in [6.45, 7) is 4.07. The Morgan fingerprint density at radius 2 is 1.70 bits per heavy atom. The van der Waals surface area contributed by atoms with Crippen LogP contribution in [0.4, 0.5) is 0 Å². The highest BCUT2D eigenvalue weighted by Crippen LogP contribution is 2.18. The van der Waals surface area contributed by atoms with Crippen LogP contribution < -0.4 is 5.32 Å². The maximum atomic E-state index is 12.7. The van der Waals surface area contributed by atoms with E-state index < -0.39 is 0 Å². The number of carbonyl (C=O) groups is 2. The van der Waals surface area contributed by atoms with Crippen molar-refractivity contribution in [3.63, 3.8) is 0 Å². The summed E-state index contributed by atoms with van der Waals surface area (Å²) in [5, 5.41) is 3.19. The van der Waals surface area contributed by atoms with Gasteiger partial charge in [0.2, 0.25) is 5.91 Å². The van der Waals surface area contributed by atoms with E-state index in [2.05, 4.69) is 27.3 Å². The molecule has 0 saturated carbocycles. The molecule has 0 bridgehead atoms. The highest BCUT2D eigenvalue weighted by atomic mass is 16.3. The van der Waals surface area contributed by atoms with Crippen LogP contribution in [-0.2, 0) is 17.8 Å². The standard InChI is InChI=1S/C22H27N5O3/c1-23-22(26-12-10-25(11-13-26)21(29)19-7-4-14-30-19)24-15-20(28)27-9-8-17-5-2-3-6-18(17)16-27/h2-7,14H,8-13,15-16H2,1H3,(H,23,24). The smallest absolute Gasteiger partial charge is 0.289 e. The molecule has 2 aromatic rings. The van der Waals surface area contributed by atoms with Gasteiger partial charge in [-0.25, -0.2) is 0 Å². The summed E-state index contributed by atoms with van der Waals surface area (Å²) in [4.78, 5) is 35.2. The number of fused-ring (bicyclic) bond motifs is 1. The van der Waals surface area contributed by atoms with Crippen molar-refractivity contribution in [3.8, 4) is 0 Å². The number of hydrogen-bond donors (Lipinski definition) is 1. The molecule has 0 unspecified atom stereocenters. The molecule has 2 amide bonds. The minimum atomic E-state index is -0.0943. The average Bonchev–Trinajstić information content (AvgIpc) is 3.34. The van der Waals surface area contributed by atoms with Crippen molar-refractivity contribution >= 4 is 17.8 Å². The predicted molar refractivity (Wildman–Crippen MR) is 113 cm³/mol. The molecular weight excluding hydrogens is 382 g/mol. The topological polar surface area (TPSA) is 81.4 Å². The molecule has 1 N–H and O–H groups in total. The van der Waals surface area contributed by atoms with E-state index >= 15 is 0 Å². The summed E-state index contributed by atoms with van der Waals surface area (Å²) in [7, 11) is 1.71. The minimum absolute atomic E-state index is 0.0669. The number of benzene rings is 1. The Morgan fingerprint density at radius 1 is 0.967 bits per heavy atom. The Balaban J connectivity index is 1.26. The quantitative estimate of drug-likeness (QED) is 0.609. The number of furan rings is 1. The molecular formula is C22H27N5O3. The van der Waals surface area contributed by atoms with Gasteiger partial charge in [-0.3, -0.25) is 14.6 Å². The van der Waals surface area contributed by atoms with Crippen LogP contribution in [0.5, 0.6) is 0 Å². The third-order valence-electron chi connectivity index (χ3n) is 5.69. The molecule has 4 rings (SSSR count). The fourth-order valence-corrected chi connectivity index (χ4v) is 3.98. The lowest BCUT2D eigenvalue weighted by atomic mass is 10.00. The van der Waals surface area contributed by atoms with Crippen LogP contribution >= 0.6 is 0 Å². The van der Waals surface area contributed by atoms with E-state index in [1.54, 1.807) is 24.1 Å². The Labute approximate surface area is 176 Å². The summed E-state index contributed by atoms with van der Waals surface area (Å²) < 4.78 is 5.21. The van der Waals surface area contributed by atoms with Crippen molar-refractivity contribution in [1.29, 1.82) is 0 Å². The van der Waals surface area contributed by atoms with E-state index in [1.165, 1.54) is 17.4 Å². The second-order valence-corrected chi connectivity index (χ2v) is 7.49. The monoisotopic (exact) mass is 409 g/mol. The second kappa shape index (κ2) is 9.02. The number of guanidine groups is 1. The molecule has 1 fully saturated rings. The Bertz CT molecular complexity index is 917. The van der Waals surface area contributed by atoms with Gasteiger partial charge in [-0.2, -0.15) is 0 Å². The molecule has 1 aromatic carbocycles. The zero-order chi connectivity index (χ0) is 20.9. The van der Waals surface area contributed by atoms with Crippen molar-refractivity contribution in [3.05, 3.63) is 59.5 Å². The van der Waals surface area contributed by atoms with Crippen LogP contribution in [0.25, 0.3) is 0 Å². The number of rotatable bonds is 3. The van der Waals surface area contributed by atoms with E-state index in [4.69, 9.17) is 4.42 Å². The maximum Gasteiger partial charge on any atom is 0.289 e. The number of carbonyl (C=O) groups excluding carboxylic acids is 2. The van der Waals surface area contributed by atoms with Crippen LogP contribution in [0.2, 0.25) is 0 Å². The van der Waals surface area contributed by atoms with Gasteiger partial charge >= 0.3 is 0 Å². The van der Waals surface area contributed by atoms with E-state index in [1.807, 2.05) is 17.0 Å². The Morgan fingerprint density at radius 3 is 2.40 bits per heavy atom. The first-order valence-electron chi connectivity index (χ1n) is 10.3. The summed E-state index contributed by atoms with van der Waals surface area (Å²) in [6, 6.07) is 11.7. The first-order chi connectivity index (χ1) is 14.7. The molecule has 3 heterocycles. The van der Waals surface area contributed by atoms with E-state index in [9.17, 15) is 9.59 Å². The minimum Gasteiger partial charge on any atom is -0.459 e. The van der Waals surface area contributed by atoms with Gasteiger partial charge in [-0.1, -0.05) is 24.3 Å². The zero-order valence-corrected chi connectivity index (χ0v) is 17.2. The molecule has 1 saturated heterocycles. The molecule has 0 spiro atoms. The average molecular weight is 409 g/mol. The summed E-state index contributed by atoms with van der Waals surface area (Å²) in [5.74, 6) is 1.02. The number of aliphatic imine (C=N–C) groups is 1. The molecule has 0 radical (unpaired) electrons. The van der Waals surface area contributed by atoms with Crippen LogP contribution in [0.15, 0.2) is 52.1 Å². The molecule has 8 heteroatoms. The van der Waals surface area contributed by atoms with Gasteiger partial charge in [0.15, 0.2) is 11.7 Å². The molecule has 1 aromatic heterocycles. The van der Waals surface area contributed by atoms with Gasteiger partial charge in [0.1, 0.15) is 0 Å². The zero-order valence-electron chi connectivity index (χ0n) is 17.2. The van der Waals surface area contributed by atoms with Crippen LogP contribution in [0.3, 0.4) is 0 Å². The highest BCUT2D eigenvalue weighted by Gasteiger charge is 2.26. The van der Waals surface area contributed by atoms with Crippen LogP contribution in [0, 0.1) is 0 Å². The van der Waals surface area contributed by atoms with E-state index in [0.717, 1.165) is 13.0 Å². The number of nitrogens with one attached hydrogen (secondary N) is 1. The van der Waals surface area contributed by atoms with E-state index in [-0.39, 0.29) is 18.4 Å². The number of piperazine rings is 1. The van der Waals surface area contributed by atoms with Crippen molar-refractivity contribution in [2.24, 2.45) is 4.99 Å². The normalized spacial score (nSPS) is 17.0. The fourth-order valence-electron chi connectivity index (χ4n) is 3.98. The van der Waals surface area contributed by atoms with Gasteiger partial charge in [0, 0.05) is 46.3 Å². The molecule has 30 heavy (non-hydrogen) atoms. The molecule has 0 atom stereocenters. The summed E-state index contributed by atoms with van der Waals surface area (Å²) >= 11 is 0. The third kappa shape index (κ3) is 4.32. The Kier molecular flexibility index (Phi) is 6.02. The van der Waals surface area contributed by atoms with Gasteiger partial charge in [0.05, 0.1) is 12.8 Å². The van der Waals surface area contributed by atoms with Gasteiger partial charge in [0.25, 0.3) is 5.91 Å². The van der Waals surface area contributed by atoms with Gasteiger partial charge in [-0.05, 0) is 29.7 Å². The maximum absolute atomic E-state index is 12.7. The van der Waals surface area contributed by atoms with Crippen LogP contribution in [0.1, 0.15) is 21.7 Å². The molecule has 8 nitrogen and oxygen atoms in total. The summed E-state index contributed by atoms with van der Waals surface area (Å²) in [5.41, 5.74) is 2.55. The van der Waals surface area contributed by atoms with E-state index in [0.29, 0.717) is 44.4 Å². The first-order valence-corrected chi connectivity index (χ1v) is 10.3. The predicted octanol–water partition coefficient (Wildman–Crippen LogP) is 1.20. The van der Waals surface area contributed by atoms with Gasteiger partial charge < -0.3 is 24.4 Å². The van der Waals surface area contributed by atoms with Crippen molar-refractivity contribution < 1.29 is 14.0 Å². The SMILES string of the molecule is CN=C(NCC(=O)N1CCc2ccccc2C1)N1CCN(C(=O)c2ccco2)CC1. The first kappa shape index (κ1) is 20.0. The van der Waals surface area contributed by atoms with Crippen molar-refractivity contribution in [2.45, 2.75) is 13.0 Å². The molecule has 158 valence electrons. The summed E-state index contributed by atoms with van der Waals surface area (Å²) in [6.07, 6.45) is 2.40. The highest BCUT2D eigenvalue weighted by molar-refractivity contribution is 5.92. The molecule has 2 aliphatic heterocycles. The van der Waals surface area contributed by atoms with Crippen LogP contribution in [-0.4, -0.2) is 78.8 Å². The molecule has 2 aliphatic rings. The van der Waals surface area contributed by atoms with Crippen molar-refractivity contribution in [2.75, 3.05) is 46.3 Å². The number of hydrogen-bond acceptors (Lipinski definition) is 4. The third-order valence-corrected chi connectivity index (χ3v) is 5.69. The lowest BCUT2D eigenvalue weighted by molar-refractivity contribution is -0.130. The lowest BCUT2D eigenvalue weighted by Gasteiger charge is -2.36. The number of amides is 2. The number of nitrogens with zero attached hydrogens (tertiary/aromatic N) is 4. The lowest BCUT2D eigenvalue weighted by Crippen LogP contribution is -2.55. The van der Waals surface area contributed by atoms with Crippen molar-refractivity contribution in [1.82, 2.24) is 20.0 Å². The fraction of sp³-hybridized carbons (Fsp3) is 0.409. The second-order valence-electron chi connectivity index (χ2n) is 7.49.